The first-order valence-corrected chi connectivity index (χ1v) is 6.74. The van der Waals surface area contributed by atoms with Gasteiger partial charge >= 0.3 is 5.97 Å². The SMILES string of the molecule is O=C(O)c1cc(OCc2cc(F)ccc2Br)ccc1Cl. The van der Waals surface area contributed by atoms with E-state index in [1.807, 2.05) is 0 Å². The smallest absolute Gasteiger partial charge is 0.337 e. The number of aromatic carboxylic acids is 1. The van der Waals surface area contributed by atoms with E-state index < -0.39 is 5.97 Å². The summed E-state index contributed by atoms with van der Waals surface area (Å²) in [5.41, 5.74) is 0.583. The van der Waals surface area contributed by atoms with E-state index in [9.17, 15) is 9.18 Å². The minimum Gasteiger partial charge on any atom is -0.489 e. The normalized spacial score (nSPS) is 10.3. The van der Waals surface area contributed by atoms with Gasteiger partial charge in [-0.15, -0.1) is 0 Å². The van der Waals surface area contributed by atoms with Gasteiger partial charge < -0.3 is 9.84 Å². The fraction of sp³-hybridized carbons (Fsp3) is 0.0714. The Balaban J connectivity index is 2.17. The molecule has 6 heteroatoms. The number of benzene rings is 2. The molecular formula is C14H9BrClFO3. The second kappa shape index (κ2) is 6.24. The van der Waals surface area contributed by atoms with Crippen LogP contribution in [0.5, 0.6) is 5.75 Å². The van der Waals surface area contributed by atoms with Crippen LogP contribution in [0, 0.1) is 5.82 Å². The van der Waals surface area contributed by atoms with E-state index >= 15 is 0 Å². The summed E-state index contributed by atoms with van der Waals surface area (Å²) in [6.45, 7) is 0.110. The van der Waals surface area contributed by atoms with Gasteiger partial charge in [0.05, 0.1) is 10.6 Å². The van der Waals surface area contributed by atoms with Crippen LogP contribution in [0.15, 0.2) is 40.9 Å². The zero-order chi connectivity index (χ0) is 14.7. The van der Waals surface area contributed by atoms with Crippen LogP contribution in [-0.4, -0.2) is 11.1 Å². The zero-order valence-corrected chi connectivity index (χ0v) is 12.4. The number of carboxylic acid groups (broad SMARTS) is 1. The molecule has 0 heterocycles. The fourth-order valence-electron chi connectivity index (χ4n) is 1.57. The van der Waals surface area contributed by atoms with E-state index in [-0.39, 0.29) is 23.0 Å². The summed E-state index contributed by atoms with van der Waals surface area (Å²) in [5.74, 6) is -1.15. The molecule has 0 bridgehead atoms. The Kier molecular flexibility index (Phi) is 4.62. The van der Waals surface area contributed by atoms with Crippen LogP contribution in [0.1, 0.15) is 15.9 Å². The highest BCUT2D eigenvalue weighted by Gasteiger charge is 2.10. The first kappa shape index (κ1) is 14.8. The summed E-state index contributed by atoms with van der Waals surface area (Å²) in [6.07, 6.45) is 0. The highest BCUT2D eigenvalue weighted by molar-refractivity contribution is 9.10. The largest absolute Gasteiger partial charge is 0.489 e. The van der Waals surface area contributed by atoms with Gasteiger partial charge in [-0.05, 0) is 36.4 Å². The summed E-state index contributed by atoms with van der Waals surface area (Å²) >= 11 is 9.05. The summed E-state index contributed by atoms with van der Waals surface area (Å²) in [4.78, 5) is 10.9. The van der Waals surface area contributed by atoms with Crippen molar-refractivity contribution in [3.8, 4) is 5.75 Å². The van der Waals surface area contributed by atoms with Gasteiger partial charge in [-0.1, -0.05) is 27.5 Å². The summed E-state index contributed by atoms with van der Waals surface area (Å²) in [5, 5.41) is 9.09. The minimum absolute atomic E-state index is 0.0394. The number of carbonyl (C=O) groups is 1. The Bertz CT molecular complexity index is 661. The van der Waals surface area contributed by atoms with Gasteiger partial charge in [0.2, 0.25) is 0 Å². The first-order chi connectivity index (χ1) is 9.47. The number of rotatable bonds is 4. The molecule has 0 spiro atoms. The molecule has 0 aliphatic rings. The van der Waals surface area contributed by atoms with Crippen molar-refractivity contribution in [1.29, 1.82) is 0 Å². The third kappa shape index (κ3) is 3.49. The Hall–Kier alpha value is -1.59. The molecule has 0 unspecified atom stereocenters. The van der Waals surface area contributed by atoms with Gasteiger partial charge in [0.1, 0.15) is 18.2 Å². The lowest BCUT2D eigenvalue weighted by molar-refractivity contribution is 0.0696. The van der Waals surface area contributed by atoms with Crippen molar-refractivity contribution in [2.75, 3.05) is 0 Å². The van der Waals surface area contributed by atoms with Gasteiger partial charge in [-0.2, -0.15) is 0 Å². The zero-order valence-electron chi connectivity index (χ0n) is 10.1. The van der Waals surface area contributed by atoms with E-state index in [2.05, 4.69) is 15.9 Å². The van der Waals surface area contributed by atoms with Crippen LogP contribution in [0.25, 0.3) is 0 Å². The molecule has 0 saturated heterocycles. The van der Waals surface area contributed by atoms with E-state index in [1.165, 1.54) is 24.3 Å². The van der Waals surface area contributed by atoms with Gasteiger partial charge in [0, 0.05) is 10.0 Å². The Morgan fingerprint density at radius 2 is 2.05 bits per heavy atom. The molecule has 0 atom stereocenters. The molecule has 0 amide bonds. The maximum atomic E-state index is 13.1. The van der Waals surface area contributed by atoms with E-state index in [4.69, 9.17) is 21.4 Å². The fourth-order valence-corrected chi connectivity index (χ4v) is 2.13. The standard InChI is InChI=1S/C14H9BrClFO3/c15-12-3-1-9(17)5-8(12)7-20-10-2-4-13(16)11(6-10)14(18)19/h1-6H,7H2,(H,18,19). The highest BCUT2D eigenvalue weighted by atomic mass is 79.9. The lowest BCUT2D eigenvalue weighted by Gasteiger charge is -2.09. The number of hydrogen-bond donors (Lipinski definition) is 1. The Morgan fingerprint density at radius 3 is 2.75 bits per heavy atom. The van der Waals surface area contributed by atoms with Crippen molar-refractivity contribution < 1.29 is 19.0 Å². The van der Waals surface area contributed by atoms with Crippen LogP contribution in [0.4, 0.5) is 4.39 Å². The maximum Gasteiger partial charge on any atom is 0.337 e. The molecule has 0 aliphatic heterocycles. The summed E-state index contributed by atoms with van der Waals surface area (Å²) < 4.78 is 19.3. The topological polar surface area (TPSA) is 46.5 Å². The van der Waals surface area contributed by atoms with Gasteiger partial charge in [-0.3, -0.25) is 0 Å². The molecule has 2 aromatic rings. The second-order valence-electron chi connectivity index (χ2n) is 3.97. The maximum absolute atomic E-state index is 13.1. The molecule has 2 rings (SSSR count). The van der Waals surface area contributed by atoms with Crippen molar-refractivity contribution in [3.05, 3.63) is 62.8 Å². The van der Waals surface area contributed by atoms with Crippen LogP contribution in [0.2, 0.25) is 5.02 Å². The van der Waals surface area contributed by atoms with Crippen LogP contribution in [-0.2, 0) is 6.61 Å². The van der Waals surface area contributed by atoms with Gasteiger partial charge in [0.25, 0.3) is 0 Å². The minimum atomic E-state index is -1.13. The molecule has 0 aliphatic carbocycles. The monoisotopic (exact) mass is 358 g/mol. The third-order valence-corrected chi connectivity index (χ3v) is 3.67. The van der Waals surface area contributed by atoms with Crippen molar-refractivity contribution in [1.82, 2.24) is 0 Å². The predicted molar refractivity (Wildman–Crippen MR) is 76.8 cm³/mol. The Morgan fingerprint density at radius 1 is 1.30 bits per heavy atom. The average molecular weight is 360 g/mol. The quantitative estimate of drug-likeness (QED) is 0.873. The highest BCUT2D eigenvalue weighted by Crippen LogP contribution is 2.24. The number of ether oxygens (including phenoxy) is 1. The van der Waals surface area contributed by atoms with Crippen LogP contribution < -0.4 is 4.74 Å². The molecule has 0 fully saturated rings. The van der Waals surface area contributed by atoms with E-state index in [0.717, 1.165) is 0 Å². The molecule has 2 aromatic carbocycles. The molecule has 0 aromatic heterocycles. The number of hydrogen-bond acceptors (Lipinski definition) is 2. The van der Waals surface area contributed by atoms with Crippen molar-refractivity contribution in [2.24, 2.45) is 0 Å². The third-order valence-electron chi connectivity index (χ3n) is 2.57. The average Bonchev–Trinajstić information content (AvgIpc) is 2.41. The lowest BCUT2D eigenvalue weighted by atomic mass is 10.2. The molecule has 0 radical (unpaired) electrons. The second-order valence-corrected chi connectivity index (χ2v) is 5.23. The van der Waals surface area contributed by atoms with Crippen LogP contribution in [0.3, 0.4) is 0 Å². The Labute approximate surface area is 128 Å². The van der Waals surface area contributed by atoms with Gasteiger partial charge in [-0.25, -0.2) is 9.18 Å². The molecule has 20 heavy (non-hydrogen) atoms. The molecule has 104 valence electrons. The van der Waals surface area contributed by atoms with Crippen LogP contribution >= 0.6 is 27.5 Å². The van der Waals surface area contributed by atoms with Gasteiger partial charge in [0.15, 0.2) is 0 Å². The van der Waals surface area contributed by atoms with Crippen molar-refractivity contribution in [3.63, 3.8) is 0 Å². The molecule has 0 saturated carbocycles. The lowest BCUT2D eigenvalue weighted by Crippen LogP contribution is -2.01. The molecule has 3 nitrogen and oxygen atoms in total. The molecule has 1 N–H and O–H groups in total. The number of halogens is 3. The predicted octanol–water partition coefficient (Wildman–Crippen LogP) is 4.52. The molecular weight excluding hydrogens is 351 g/mol. The number of carboxylic acids is 1. The van der Waals surface area contributed by atoms with Crippen molar-refractivity contribution in [2.45, 2.75) is 6.61 Å². The van der Waals surface area contributed by atoms with E-state index in [1.54, 1.807) is 12.1 Å². The van der Waals surface area contributed by atoms with Crippen molar-refractivity contribution >= 4 is 33.5 Å². The summed E-state index contributed by atoms with van der Waals surface area (Å²) in [7, 11) is 0. The summed E-state index contributed by atoms with van der Waals surface area (Å²) in [6, 6.07) is 8.59. The van der Waals surface area contributed by atoms with E-state index in [0.29, 0.717) is 15.8 Å². The first-order valence-electron chi connectivity index (χ1n) is 5.57.